The molecule has 7 aromatic carbocycles. The summed E-state index contributed by atoms with van der Waals surface area (Å²) in [6.45, 7) is 0. The maximum absolute atomic E-state index is 5.17. The number of hydrogen-bond donors (Lipinski definition) is 0. The number of benzene rings is 7. The molecule has 0 saturated heterocycles. The van der Waals surface area contributed by atoms with Gasteiger partial charge in [0.1, 0.15) is 0 Å². The topological polar surface area (TPSA) is 25.8 Å². The Balaban J connectivity index is 1.31. The van der Waals surface area contributed by atoms with Crippen LogP contribution < -0.4 is 0 Å². The Morgan fingerprint density at radius 3 is 1.77 bits per heavy atom. The van der Waals surface area contributed by atoms with E-state index in [-0.39, 0.29) is 0 Å². The molecule has 0 aliphatic heterocycles. The lowest BCUT2D eigenvalue weighted by Crippen LogP contribution is -1.91. The summed E-state index contributed by atoms with van der Waals surface area (Å²) in [5.74, 6) is 0. The molecule has 9 aromatic rings. The SMILES string of the molecule is c1cnc2c(c1)ccc1ccc(-c3cccc4c(-c5ccc6ccc7cccc8ccc5c6c78)cccc34)nc12. The van der Waals surface area contributed by atoms with Crippen molar-refractivity contribution in [2.75, 3.05) is 0 Å². The Bertz CT molecular complexity index is 2420. The van der Waals surface area contributed by atoms with Crippen LogP contribution in [0.1, 0.15) is 0 Å². The van der Waals surface area contributed by atoms with Gasteiger partial charge in [-0.1, -0.05) is 115 Å². The van der Waals surface area contributed by atoms with Crippen molar-refractivity contribution in [2.45, 2.75) is 0 Å². The Kier molecular flexibility index (Phi) is 4.36. The second-order valence-corrected chi connectivity index (χ2v) is 10.6. The van der Waals surface area contributed by atoms with Gasteiger partial charge in [-0.3, -0.25) is 4.98 Å². The van der Waals surface area contributed by atoms with Crippen LogP contribution in [0.15, 0.2) is 134 Å². The number of fused-ring (bicyclic) bond motifs is 4. The number of nitrogens with zero attached hydrogens (tertiary/aromatic N) is 2. The third-order valence-electron chi connectivity index (χ3n) is 8.45. The molecule has 2 nitrogen and oxygen atoms in total. The van der Waals surface area contributed by atoms with E-state index >= 15 is 0 Å². The molecule has 0 unspecified atom stereocenters. The quantitative estimate of drug-likeness (QED) is 0.218. The van der Waals surface area contributed by atoms with Crippen LogP contribution in [0.5, 0.6) is 0 Å². The van der Waals surface area contributed by atoms with E-state index in [9.17, 15) is 0 Å². The lowest BCUT2D eigenvalue weighted by molar-refractivity contribution is 1.37. The van der Waals surface area contributed by atoms with Gasteiger partial charge in [0.25, 0.3) is 0 Å². The van der Waals surface area contributed by atoms with Crippen LogP contribution in [0.2, 0.25) is 0 Å². The van der Waals surface area contributed by atoms with Gasteiger partial charge in [0.2, 0.25) is 0 Å². The Morgan fingerprint density at radius 2 is 0.925 bits per heavy atom. The fourth-order valence-electron chi connectivity index (χ4n) is 6.61. The van der Waals surface area contributed by atoms with Gasteiger partial charge in [-0.05, 0) is 66.3 Å². The smallest absolute Gasteiger partial charge is 0.0972 e. The summed E-state index contributed by atoms with van der Waals surface area (Å²) in [7, 11) is 0. The highest BCUT2D eigenvalue weighted by Crippen LogP contribution is 2.42. The zero-order valence-electron chi connectivity index (χ0n) is 21.6. The Hall–Kier alpha value is -5.34. The van der Waals surface area contributed by atoms with E-state index in [2.05, 4.69) is 126 Å². The predicted molar refractivity (Wildman–Crippen MR) is 169 cm³/mol. The first kappa shape index (κ1) is 21.6. The molecule has 0 amide bonds. The normalized spacial score (nSPS) is 12.0. The third kappa shape index (κ3) is 2.99. The van der Waals surface area contributed by atoms with Crippen molar-refractivity contribution < 1.29 is 0 Å². The molecule has 0 aliphatic carbocycles. The number of hydrogen-bond acceptors (Lipinski definition) is 2. The molecule has 0 bridgehead atoms. The van der Waals surface area contributed by atoms with E-state index in [4.69, 9.17) is 4.98 Å². The van der Waals surface area contributed by atoms with Gasteiger partial charge in [0.05, 0.1) is 16.7 Å². The van der Waals surface area contributed by atoms with Crippen LogP contribution in [0, 0.1) is 0 Å². The van der Waals surface area contributed by atoms with Crippen molar-refractivity contribution in [1.29, 1.82) is 0 Å². The summed E-state index contributed by atoms with van der Waals surface area (Å²) in [5, 5.41) is 12.5. The third-order valence-corrected chi connectivity index (χ3v) is 8.45. The van der Waals surface area contributed by atoms with E-state index in [1.165, 1.54) is 54.2 Å². The first-order valence-electron chi connectivity index (χ1n) is 13.7. The molecule has 0 saturated carbocycles. The summed E-state index contributed by atoms with van der Waals surface area (Å²) >= 11 is 0. The number of aromatic nitrogens is 2. The van der Waals surface area contributed by atoms with Gasteiger partial charge >= 0.3 is 0 Å². The second-order valence-electron chi connectivity index (χ2n) is 10.6. The molecule has 184 valence electrons. The lowest BCUT2D eigenvalue weighted by atomic mass is 9.88. The molecular formula is C38H22N2. The summed E-state index contributed by atoms with van der Waals surface area (Å²) in [5.41, 5.74) is 6.47. The molecule has 0 spiro atoms. The first-order valence-corrected chi connectivity index (χ1v) is 13.7. The lowest BCUT2D eigenvalue weighted by Gasteiger charge is -2.16. The van der Waals surface area contributed by atoms with Crippen LogP contribution >= 0.6 is 0 Å². The minimum atomic E-state index is 0.940. The fourth-order valence-corrected chi connectivity index (χ4v) is 6.61. The summed E-state index contributed by atoms with van der Waals surface area (Å²) in [6.07, 6.45) is 1.84. The molecule has 0 radical (unpaired) electrons. The number of pyridine rings is 2. The van der Waals surface area contributed by atoms with Crippen LogP contribution in [-0.4, -0.2) is 9.97 Å². The molecule has 2 heterocycles. The fraction of sp³-hybridized carbons (Fsp3) is 0. The Labute approximate surface area is 230 Å². The highest BCUT2D eigenvalue weighted by Gasteiger charge is 2.15. The van der Waals surface area contributed by atoms with Gasteiger partial charge < -0.3 is 0 Å². The van der Waals surface area contributed by atoms with Crippen molar-refractivity contribution in [3.05, 3.63) is 134 Å². The van der Waals surface area contributed by atoms with E-state index in [1.807, 2.05) is 12.3 Å². The zero-order chi connectivity index (χ0) is 26.2. The molecule has 2 heteroatoms. The van der Waals surface area contributed by atoms with E-state index < -0.39 is 0 Å². The van der Waals surface area contributed by atoms with Gasteiger partial charge in [-0.2, -0.15) is 0 Å². The Morgan fingerprint density at radius 1 is 0.350 bits per heavy atom. The predicted octanol–water partition coefficient (Wildman–Crippen LogP) is 10.2. The molecule has 0 fully saturated rings. The number of rotatable bonds is 2. The van der Waals surface area contributed by atoms with Crippen molar-refractivity contribution in [1.82, 2.24) is 9.97 Å². The monoisotopic (exact) mass is 506 g/mol. The van der Waals surface area contributed by atoms with Crippen LogP contribution in [0.3, 0.4) is 0 Å². The van der Waals surface area contributed by atoms with Crippen LogP contribution in [-0.2, 0) is 0 Å². The van der Waals surface area contributed by atoms with Crippen molar-refractivity contribution in [3.63, 3.8) is 0 Å². The minimum absolute atomic E-state index is 0.940. The van der Waals surface area contributed by atoms with Gasteiger partial charge in [0, 0.05) is 22.5 Å². The standard InChI is InChI=1S/C38H22N2/c1-5-23-12-13-25-16-19-31(33-20-17-24(6-1)35(23)36(25)33)29-8-2-10-30-28(29)9-3-11-32(30)34-21-18-27-15-14-26-7-4-22-39-37(26)38(27)40-34/h1-22H. The second kappa shape index (κ2) is 8.08. The maximum atomic E-state index is 5.17. The largest absolute Gasteiger partial charge is 0.254 e. The van der Waals surface area contributed by atoms with Gasteiger partial charge in [-0.25, -0.2) is 4.98 Å². The molecule has 0 aliphatic rings. The molecule has 9 rings (SSSR count). The maximum Gasteiger partial charge on any atom is 0.0972 e. The molecule has 40 heavy (non-hydrogen) atoms. The van der Waals surface area contributed by atoms with Gasteiger partial charge in [-0.15, -0.1) is 0 Å². The van der Waals surface area contributed by atoms with Crippen molar-refractivity contribution in [3.8, 4) is 22.4 Å². The molecular weight excluding hydrogens is 484 g/mol. The molecule has 2 aromatic heterocycles. The minimum Gasteiger partial charge on any atom is -0.254 e. The summed E-state index contributed by atoms with van der Waals surface area (Å²) in [6, 6.07) is 46.0. The van der Waals surface area contributed by atoms with E-state index in [0.717, 1.165) is 33.1 Å². The van der Waals surface area contributed by atoms with E-state index in [0.29, 0.717) is 0 Å². The van der Waals surface area contributed by atoms with Crippen molar-refractivity contribution >= 4 is 64.9 Å². The average molecular weight is 507 g/mol. The van der Waals surface area contributed by atoms with Crippen LogP contribution in [0.25, 0.3) is 87.3 Å². The van der Waals surface area contributed by atoms with Crippen LogP contribution in [0.4, 0.5) is 0 Å². The molecule has 0 N–H and O–H groups in total. The van der Waals surface area contributed by atoms with Gasteiger partial charge in [0.15, 0.2) is 0 Å². The molecule has 0 atom stereocenters. The highest BCUT2D eigenvalue weighted by atomic mass is 14.8. The first-order chi connectivity index (χ1) is 19.8. The average Bonchev–Trinajstić information content (AvgIpc) is 3.03. The highest BCUT2D eigenvalue weighted by molar-refractivity contribution is 6.26. The summed E-state index contributed by atoms with van der Waals surface area (Å²) in [4.78, 5) is 9.83. The summed E-state index contributed by atoms with van der Waals surface area (Å²) < 4.78 is 0. The van der Waals surface area contributed by atoms with Crippen molar-refractivity contribution in [2.24, 2.45) is 0 Å². The zero-order valence-corrected chi connectivity index (χ0v) is 21.6. The van der Waals surface area contributed by atoms with E-state index in [1.54, 1.807) is 0 Å².